The lowest BCUT2D eigenvalue weighted by Gasteiger charge is -2.01. The van der Waals surface area contributed by atoms with Crippen LogP contribution in [0.15, 0.2) is 54.9 Å². The standard InChI is InChI=1S/C11H9NO/c13-11-7-4-8-12(9-11)10-5-2-1-3-6-10/h1-9H. The van der Waals surface area contributed by atoms with Crippen LogP contribution in [0.2, 0.25) is 0 Å². The van der Waals surface area contributed by atoms with Gasteiger partial charge in [-0.1, -0.05) is 24.3 Å². The molecule has 0 unspecified atom stereocenters. The molecule has 2 rings (SSSR count). The van der Waals surface area contributed by atoms with E-state index in [0.717, 1.165) is 5.69 Å². The fourth-order valence-corrected chi connectivity index (χ4v) is 1.21. The van der Waals surface area contributed by atoms with Crippen LogP contribution in [0.4, 0.5) is 0 Å². The molecule has 0 radical (unpaired) electrons. The minimum absolute atomic E-state index is 0.0198. The van der Waals surface area contributed by atoms with Gasteiger partial charge >= 0.3 is 0 Å². The molecule has 0 N–H and O–H groups in total. The summed E-state index contributed by atoms with van der Waals surface area (Å²) in [5, 5.41) is 11.0. The van der Waals surface area contributed by atoms with Gasteiger partial charge in [-0.3, -0.25) is 0 Å². The smallest absolute Gasteiger partial charge is 0.210 e. The maximum atomic E-state index is 11.0. The van der Waals surface area contributed by atoms with Crippen LogP contribution < -0.4 is 9.67 Å². The van der Waals surface area contributed by atoms with Crippen molar-refractivity contribution in [2.75, 3.05) is 0 Å². The summed E-state index contributed by atoms with van der Waals surface area (Å²) in [4.78, 5) is 0. The van der Waals surface area contributed by atoms with Crippen LogP contribution >= 0.6 is 0 Å². The van der Waals surface area contributed by atoms with Gasteiger partial charge in [0.15, 0.2) is 12.4 Å². The molecule has 1 aromatic heterocycles. The van der Waals surface area contributed by atoms with E-state index in [1.165, 1.54) is 0 Å². The molecule has 13 heavy (non-hydrogen) atoms. The van der Waals surface area contributed by atoms with Gasteiger partial charge in [-0.15, -0.1) is 0 Å². The van der Waals surface area contributed by atoms with E-state index in [1.54, 1.807) is 18.3 Å². The summed E-state index contributed by atoms with van der Waals surface area (Å²) in [5.74, 6) is 0.0198. The largest absolute Gasteiger partial charge is 0.868 e. The molecule has 0 spiro atoms. The maximum absolute atomic E-state index is 11.0. The lowest BCUT2D eigenvalue weighted by atomic mass is 10.3. The summed E-state index contributed by atoms with van der Waals surface area (Å²) in [6.07, 6.45) is 3.42. The highest BCUT2D eigenvalue weighted by atomic mass is 16.3. The summed E-state index contributed by atoms with van der Waals surface area (Å²) in [5.41, 5.74) is 1.00. The molecule has 2 heteroatoms. The third-order valence-electron chi connectivity index (χ3n) is 1.83. The van der Waals surface area contributed by atoms with Gasteiger partial charge in [0.2, 0.25) is 5.69 Å². The van der Waals surface area contributed by atoms with Gasteiger partial charge in [-0.25, -0.2) is 0 Å². The average molecular weight is 171 g/mol. The van der Waals surface area contributed by atoms with E-state index in [2.05, 4.69) is 0 Å². The number of benzene rings is 1. The van der Waals surface area contributed by atoms with Crippen LogP contribution in [0.25, 0.3) is 5.69 Å². The van der Waals surface area contributed by atoms with E-state index in [0.29, 0.717) is 0 Å². The molecule has 0 saturated carbocycles. The molecule has 0 bridgehead atoms. The molecule has 0 atom stereocenters. The molecule has 64 valence electrons. The van der Waals surface area contributed by atoms with Crippen molar-refractivity contribution in [2.45, 2.75) is 0 Å². The minimum Gasteiger partial charge on any atom is -0.868 e. The highest BCUT2D eigenvalue weighted by molar-refractivity contribution is 5.22. The number of rotatable bonds is 1. The summed E-state index contributed by atoms with van der Waals surface area (Å²) >= 11 is 0. The molecular weight excluding hydrogens is 162 g/mol. The fourth-order valence-electron chi connectivity index (χ4n) is 1.21. The average Bonchev–Trinajstić information content (AvgIpc) is 2.19. The van der Waals surface area contributed by atoms with Crippen molar-refractivity contribution in [3.63, 3.8) is 0 Å². The zero-order valence-electron chi connectivity index (χ0n) is 7.05. The molecule has 0 fully saturated rings. The maximum Gasteiger partial charge on any atom is 0.210 e. The summed E-state index contributed by atoms with van der Waals surface area (Å²) < 4.78 is 1.81. The Kier molecular flexibility index (Phi) is 1.96. The van der Waals surface area contributed by atoms with Crippen molar-refractivity contribution in [1.82, 2.24) is 0 Å². The van der Waals surface area contributed by atoms with Crippen molar-refractivity contribution in [3.8, 4) is 11.4 Å². The van der Waals surface area contributed by atoms with Gasteiger partial charge in [-0.05, 0) is 5.75 Å². The van der Waals surface area contributed by atoms with Gasteiger partial charge in [0.25, 0.3) is 0 Å². The fraction of sp³-hybridized carbons (Fsp3) is 0. The first kappa shape index (κ1) is 7.80. The van der Waals surface area contributed by atoms with Crippen LogP contribution in [0.5, 0.6) is 5.75 Å². The van der Waals surface area contributed by atoms with E-state index in [1.807, 2.05) is 41.1 Å². The van der Waals surface area contributed by atoms with Crippen LogP contribution in [0.3, 0.4) is 0 Å². The first-order valence-corrected chi connectivity index (χ1v) is 4.10. The van der Waals surface area contributed by atoms with Crippen molar-refractivity contribution < 1.29 is 9.67 Å². The number of nitrogens with zero attached hydrogens (tertiary/aromatic N) is 1. The third-order valence-corrected chi connectivity index (χ3v) is 1.83. The molecule has 0 aliphatic carbocycles. The zero-order valence-corrected chi connectivity index (χ0v) is 7.05. The number of pyridine rings is 1. The van der Waals surface area contributed by atoms with Crippen molar-refractivity contribution in [3.05, 3.63) is 54.9 Å². The van der Waals surface area contributed by atoms with Crippen molar-refractivity contribution in [1.29, 1.82) is 0 Å². The number of hydrogen-bond donors (Lipinski definition) is 0. The summed E-state index contributed by atoms with van der Waals surface area (Å²) in [7, 11) is 0. The van der Waals surface area contributed by atoms with Gasteiger partial charge in [0.1, 0.15) is 0 Å². The monoisotopic (exact) mass is 171 g/mol. The van der Waals surface area contributed by atoms with Crippen molar-refractivity contribution >= 4 is 0 Å². The molecule has 1 aromatic carbocycles. The van der Waals surface area contributed by atoms with E-state index < -0.39 is 0 Å². The highest BCUT2D eigenvalue weighted by Gasteiger charge is 2.00. The SMILES string of the molecule is [O-]c1ccc[n+](-c2ccccc2)c1. The second-order valence-electron chi connectivity index (χ2n) is 2.78. The van der Waals surface area contributed by atoms with Gasteiger partial charge in [-0.2, -0.15) is 4.57 Å². The third kappa shape index (κ3) is 1.67. The number of para-hydroxylation sites is 1. The van der Waals surface area contributed by atoms with Crippen LogP contribution in [-0.2, 0) is 0 Å². The van der Waals surface area contributed by atoms with Gasteiger partial charge < -0.3 is 5.11 Å². The Hall–Kier alpha value is -1.83. The minimum atomic E-state index is 0.0198. The first-order valence-electron chi connectivity index (χ1n) is 4.10. The topological polar surface area (TPSA) is 26.9 Å². The van der Waals surface area contributed by atoms with Gasteiger partial charge in [0, 0.05) is 18.2 Å². The molecule has 0 saturated heterocycles. The Labute approximate surface area is 76.7 Å². The first-order chi connectivity index (χ1) is 6.36. The Bertz CT molecular complexity index is 398. The van der Waals surface area contributed by atoms with E-state index in [9.17, 15) is 5.11 Å². The van der Waals surface area contributed by atoms with E-state index >= 15 is 0 Å². The zero-order chi connectivity index (χ0) is 9.10. The normalized spacial score (nSPS) is 9.85. The lowest BCUT2D eigenvalue weighted by molar-refractivity contribution is -0.599. The molecular formula is C11H9NO. The van der Waals surface area contributed by atoms with E-state index in [-0.39, 0.29) is 5.75 Å². The van der Waals surface area contributed by atoms with Gasteiger partial charge in [0.05, 0.1) is 0 Å². The van der Waals surface area contributed by atoms with Crippen molar-refractivity contribution in [2.24, 2.45) is 0 Å². The predicted molar refractivity (Wildman–Crippen MR) is 47.4 cm³/mol. The molecule has 1 heterocycles. The molecule has 0 aliphatic heterocycles. The van der Waals surface area contributed by atoms with E-state index in [4.69, 9.17) is 0 Å². The summed E-state index contributed by atoms with van der Waals surface area (Å²) in [6, 6.07) is 13.0. The Morgan fingerprint density at radius 2 is 1.69 bits per heavy atom. The molecule has 2 nitrogen and oxygen atoms in total. The van der Waals surface area contributed by atoms with Crippen LogP contribution in [0.1, 0.15) is 0 Å². The second-order valence-corrected chi connectivity index (χ2v) is 2.78. The quantitative estimate of drug-likeness (QED) is 0.589. The summed E-state index contributed by atoms with van der Waals surface area (Å²) in [6.45, 7) is 0. The molecule has 2 aromatic rings. The molecule has 0 amide bonds. The second kappa shape index (κ2) is 3.27. The molecule has 0 aliphatic rings. The highest BCUT2D eigenvalue weighted by Crippen LogP contribution is 2.01. The Morgan fingerprint density at radius 1 is 0.923 bits per heavy atom. The lowest BCUT2D eigenvalue weighted by Crippen LogP contribution is -2.29. The van der Waals surface area contributed by atoms with Crippen LogP contribution in [-0.4, -0.2) is 0 Å². The Morgan fingerprint density at radius 3 is 2.38 bits per heavy atom. The number of aromatic nitrogens is 1. The predicted octanol–water partition coefficient (Wildman–Crippen LogP) is 1.04. The Balaban J connectivity index is 2.48. The van der Waals surface area contributed by atoms with Crippen LogP contribution in [0, 0.1) is 0 Å². The number of hydrogen-bond acceptors (Lipinski definition) is 1.